The van der Waals surface area contributed by atoms with Gasteiger partial charge in [0.25, 0.3) is 0 Å². The number of hydrogen-bond donors (Lipinski definition) is 1. The fourth-order valence-corrected chi connectivity index (χ4v) is 3.87. The highest BCUT2D eigenvalue weighted by molar-refractivity contribution is 7.13. The Balaban J connectivity index is 1.56. The topological polar surface area (TPSA) is 71.5 Å². The van der Waals surface area contributed by atoms with Crippen LogP contribution in [0.1, 0.15) is 37.7 Å². The molecule has 1 heterocycles. The molecule has 7 heteroatoms. The second kappa shape index (κ2) is 10.2. The molecule has 2 amide bonds. The summed E-state index contributed by atoms with van der Waals surface area (Å²) >= 11 is 1.36. The van der Waals surface area contributed by atoms with Gasteiger partial charge >= 0.3 is 0 Å². The molecule has 1 aliphatic carbocycles. The van der Waals surface area contributed by atoms with Crippen LogP contribution in [0.5, 0.6) is 0 Å². The molecule has 1 aromatic carbocycles. The third-order valence-electron chi connectivity index (χ3n) is 4.67. The van der Waals surface area contributed by atoms with Gasteiger partial charge < -0.3 is 15.0 Å². The lowest BCUT2D eigenvalue weighted by molar-refractivity contribution is -0.142. The minimum absolute atomic E-state index is 0.0179. The highest BCUT2D eigenvalue weighted by atomic mass is 32.1. The van der Waals surface area contributed by atoms with Crippen molar-refractivity contribution in [2.75, 3.05) is 18.5 Å². The predicted molar refractivity (Wildman–Crippen MR) is 105 cm³/mol. The average molecular weight is 388 g/mol. The van der Waals surface area contributed by atoms with Gasteiger partial charge in [0.2, 0.25) is 11.8 Å². The lowest BCUT2D eigenvalue weighted by Gasteiger charge is -2.33. The molecule has 0 unspecified atom stereocenters. The highest BCUT2D eigenvalue weighted by Gasteiger charge is 2.27. The van der Waals surface area contributed by atoms with Gasteiger partial charge in [-0.05, 0) is 18.4 Å². The van der Waals surface area contributed by atoms with Crippen molar-refractivity contribution in [2.45, 2.75) is 44.8 Å². The number of nitrogens with zero attached hydrogens (tertiary/aromatic N) is 2. The van der Waals surface area contributed by atoms with Crippen molar-refractivity contribution in [2.24, 2.45) is 0 Å². The van der Waals surface area contributed by atoms with Crippen LogP contribution in [0.25, 0.3) is 0 Å². The molecule has 27 heavy (non-hydrogen) atoms. The van der Waals surface area contributed by atoms with Crippen molar-refractivity contribution in [3.8, 4) is 0 Å². The molecule has 1 aliphatic rings. The summed E-state index contributed by atoms with van der Waals surface area (Å²) in [6.45, 7) is 0.407. The Hall–Kier alpha value is -2.25. The van der Waals surface area contributed by atoms with Crippen molar-refractivity contribution < 1.29 is 14.3 Å². The van der Waals surface area contributed by atoms with Gasteiger partial charge in [-0.25, -0.2) is 4.98 Å². The molecule has 1 N–H and O–H groups in total. The fraction of sp³-hybridized carbons (Fsp3) is 0.450. The molecule has 3 rings (SSSR count). The summed E-state index contributed by atoms with van der Waals surface area (Å²) in [5.74, 6) is -0.348. The predicted octanol–water partition coefficient (Wildman–Crippen LogP) is 3.46. The summed E-state index contributed by atoms with van der Waals surface area (Å²) in [6, 6.07) is 9.86. The van der Waals surface area contributed by atoms with E-state index >= 15 is 0 Å². The Morgan fingerprint density at radius 3 is 2.67 bits per heavy atom. The number of carbonyl (C=O) groups excluding carboxylic acids is 2. The van der Waals surface area contributed by atoms with E-state index in [9.17, 15) is 9.59 Å². The first-order chi connectivity index (χ1) is 13.2. The molecule has 2 aromatic rings. The van der Waals surface area contributed by atoms with Gasteiger partial charge in [-0.15, -0.1) is 11.3 Å². The van der Waals surface area contributed by atoms with Crippen LogP contribution in [-0.4, -0.2) is 40.9 Å². The van der Waals surface area contributed by atoms with Gasteiger partial charge in [0.15, 0.2) is 5.13 Å². The van der Waals surface area contributed by atoms with E-state index in [-0.39, 0.29) is 31.0 Å². The van der Waals surface area contributed by atoms with E-state index in [2.05, 4.69) is 10.3 Å². The van der Waals surface area contributed by atoms with Crippen molar-refractivity contribution in [3.05, 3.63) is 47.5 Å². The van der Waals surface area contributed by atoms with Gasteiger partial charge in [0.1, 0.15) is 13.2 Å². The maximum absolute atomic E-state index is 12.8. The van der Waals surface area contributed by atoms with Gasteiger partial charge in [-0.3, -0.25) is 9.59 Å². The summed E-state index contributed by atoms with van der Waals surface area (Å²) < 4.78 is 5.61. The standard InChI is InChI=1S/C20H25N3O3S/c24-18(22-20-21-11-12-27-20)13-23(17-9-5-2-6-10-17)19(25)15-26-14-16-7-3-1-4-8-16/h1,3-4,7-8,11-12,17H,2,5-6,9-10,13-15H2,(H,21,22,24). The minimum atomic E-state index is -0.216. The van der Waals surface area contributed by atoms with Crippen LogP contribution < -0.4 is 5.32 Å². The summed E-state index contributed by atoms with van der Waals surface area (Å²) in [6.07, 6.45) is 6.89. The molecular formula is C20H25N3O3S. The number of aromatic nitrogens is 1. The molecule has 0 saturated heterocycles. The normalized spacial score (nSPS) is 14.7. The van der Waals surface area contributed by atoms with Gasteiger partial charge in [-0.2, -0.15) is 0 Å². The van der Waals surface area contributed by atoms with Gasteiger partial charge in [0.05, 0.1) is 6.61 Å². The Bertz CT molecular complexity index is 715. The molecule has 0 spiro atoms. The van der Waals surface area contributed by atoms with Crippen LogP contribution >= 0.6 is 11.3 Å². The fourth-order valence-electron chi connectivity index (χ4n) is 3.33. The summed E-state index contributed by atoms with van der Waals surface area (Å²) in [7, 11) is 0. The van der Waals surface area contributed by atoms with E-state index in [1.807, 2.05) is 30.3 Å². The molecular weight excluding hydrogens is 362 g/mol. The Kier molecular flexibility index (Phi) is 7.36. The average Bonchev–Trinajstić information content (AvgIpc) is 3.20. The van der Waals surface area contributed by atoms with E-state index in [1.165, 1.54) is 17.8 Å². The quantitative estimate of drug-likeness (QED) is 0.753. The number of amides is 2. The molecule has 0 aliphatic heterocycles. The number of ether oxygens (including phenoxy) is 1. The molecule has 1 aromatic heterocycles. The largest absolute Gasteiger partial charge is 0.367 e. The van der Waals surface area contributed by atoms with Gasteiger partial charge in [0, 0.05) is 17.6 Å². The van der Waals surface area contributed by atoms with Crippen LogP contribution in [0.2, 0.25) is 0 Å². The number of anilines is 1. The molecule has 1 saturated carbocycles. The van der Waals surface area contributed by atoms with Crippen LogP contribution in [0.15, 0.2) is 41.9 Å². The third-order valence-corrected chi connectivity index (χ3v) is 5.35. The maximum Gasteiger partial charge on any atom is 0.249 e. The molecule has 0 bridgehead atoms. The van der Waals surface area contributed by atoms with Crippen molar-refractivity contribution in [1.82, 2.24) is 9.88 Å². The maximum atomic E-state index is 12.8. The first-order valence-corrected chi connectivity index (χ1v) is 10.2. The lowest BCUT2D eigenvalue weighted by Crippen LogP contribution is -2.47. The van der Waals surface area contributed by atoms with E-state index in [4.69, 9.17) is 4.74 Å². The second-order valence-corrected chi connectivity index (χ2v) is 7.57. The molecule has 6 nitrogen and oxygen atoms in total. The number of hydrogen-bond acceptors (Lipinski definition) is 5. The summed E-state index contributed by atoms with van der Waals surface area (Å²) in [5, 5.41) is 5.12. The SMILES string of the molecule is O=C(CN(C(=O)COCc1ccccc1)C1CCCCC1)Nc1nccs1. The Morgan fingerprint density at radius 1 is 1.19 bits per heavy atom. The molecule has 0 atom stereocenters. The van der Waals surface area contributed by atoms with E-state index in [0.717, 1.165) is 31.2 Å². The summed E-state index contributed by atoms with van der Waals surface area (Å²) in [5.41, 5.74) is 1.02. The monoisotopic (exact) mass is 387 g/mol. The number of benzene rings is 1. The molecule has 1 fully saturated rings. The number of carbonyl (C=O) groups is 2. The van der Waals surface area contributed by atoms with Crippen molar-refractivity contribution >= 4 is 28.3 Å². The second-order valence-electron chi connectivity index (χ2n) is 6.68. The zero-order chi connectivity index (χ0) is 18.9. The van der Waals surface area contributed by atoms with E-state index in [0.29, 0.717) is 11.7 Å². The van der Waals surface area contributed by atoms with Crippen LogP contribution in [0, 0.1) is 0 Å². The first kappa shape index (κ1) is 19.5. The number of thiazole rings is 1. The Labute approximate surface area is 163 Å². The van der Waals surface area contributed by atoms with Crippen LogP contribution in [0.4, 0.5) is 5.13 Å². The van der Waals surface area contributed by atoms with E-state index < -0.39 is 0 Å². The van der Waals surface area contributed by atoms with Crippen molar-refractivity contribution in [1.29, 1.82) is 0 Å². The smallest absolute Gasteiger partial charge is 0.249 e. The van der Waals surface area contributed by atoms with Crippen LogP contribution in [-0.2, 0) is 20.9 Å². The van der Waals surface area contributed by atoms with Crippen molar-refractivity contribution in [3.63, 3.8) is 0 Å². The van der Waals surface area contributed by atoms with Gasteiger partial charge in [-0.1, -0.05) is 49.6 Å². The zero-order valence-corrected chi connectivity index (χ0v) is 16.1. The lowest BCUT2D eigenvalue weighted by atomic mass is 9.94. The minimum Gasteiger partial charge on any atom is -0.367 e. The zero-order valence-electron chi connectivity index (χ0n) is 15.3. The highest BCUT2D eigenvalue weighted by Crippen LogP contribution is 2.23. The number of nitrogens with one attached hydrogen (secondary N) is 1. The molecule has 0 radical (unpaired) electrons. The molecule has 144 valence electrons. The van der Waals surface area contributed by atoms with Crippen LogP contribution in [0.3, 0.4) is 0 Å². The van der Waals surface area contributed by atoms with E-state index in [1.54, 1.807) is 16.5 Å². The Morgan fingerprint density at radius 2 is 1.96 bits per heavy atom. The first-order valence-electron chi connectivity index (χ1n) is 9.33. The summed E-state index contributed by atoms with van der Waals surface area (Å²) in [4.78, 5) is 30.9. The number of rotatable bonds is 8. The third kappa shape index (κ3) is 6.15.